The van der Waals surface area contributed by atoms with E-state index in [2.05, 4.69) is 4.98 Å². The molecule has 100 valence electrons. The number of alkyl halides is 1. The van der Waals surface area contributed by atoms with Crippen LogP contribution < -0.4 is 4.90 Å². The molecule has 0 amide bonds. The summed E-state index contributed by atoms with van der Waals surface area (Å²) in [6.45, 7) is 1.92. The topological polar surface area (TPSA) is 50.3 Å². The first-order valence-electron chi connectivity index (χ1n) is 5.88. The summed E-state index contributed by atoms with van der Waals surface area (Å²) in [4.78, 5) is 6.40. The fraction of sp³-hybridized carbons (Fsp3) is 0.583. The van der Waals surface area contributed by atoms with Crippen molar-refractivity contribution in [3.8, 4) is 0 Å². The van der Waals surface area contributed by atoms with Crippen LogP contribution in [0, 0.1) is 6.92 Å². The number of hydrogen-bond acceptors (Lipinski definition) is 4. The zero-order chi connectivity index (χ0) is 13.3. The Kier molecular flexibility index (Phi) is 3.82. The number of sulfone groups is 1. The van der Waals surface area contributed by atoms with Gasteiger partial charge in [0.15, 0.2) is 9.84 Å². The van der Waals surface area contributed by atoms with Gasteiger partial charge in [0.2, 0.25) is 0 Å². The minimum atomic E-state index is -2.87. The van der Waals surface area contributed by atoms with Crippen molar-refractivity contribution in [1.29, 1.82) is 0 Å². The minimum absolute atomic E-state index is 0.0208. The Morgan fingerprint density at radius 1 is 1.50 bits per heavy atom. The number of anilines is 1. The quantitative estimate of drug-likeness (QED) is 0.795. The van der Waals surface area contributed by atoms with E-state index in [1.54, 1.807) is 0 Å². The molecule has 0 aliphatic carbocycles. The van der Waals surface area contributed by atoms with Crippen LogP contribution in [0.4, 0.5) is 5.82 Å². The molecule has 0 aromatic carbocycles. The fourth-order valence-corrected chi connectivity index (χ4v) is 4.18. The predicted molar refractivity (Wildman–Crippen MR) is 74.0 cm³/mol. The van der Waals surface area contributed by atoms with Gasteiger partial charge in [-0.2, -0.15) is 0 Å². The van der Waals surface area contributed by atoms with Gasteiger partial charge in [-0.1, -0.05) is 0 Å². The van der Waals surface area contributed by atoms with E-state index in [0.717, 1.165) is 17.1 Å². The van der Waals surface area contributed by atoms with Crippen molar-refractivity contribution in [2.45, 2.75) is 25.3 Å². The maximum absolute atomic E-state index is 11.5. The second kappa shape index (κ2) is 5.05. The van der Waals surface area contributed by atoms with Gasteiger partial charge in [-0.3, -0.25) is 0 Å². The molecule has 4 nitrogen and oxygen atoms in total. The summed E-state index contributed by atoms with van der Waals surface area (Å²) in [5.74, 6) is 1.73. The van der Waals surface area contributed by atoms with E-state index in [1.807, 2.05) is 31.0 Å². The molecule has 1 aliphatic rings. The van der Waals surface area contributed by atoms with Crippen LogP contribution >= 0.6 is 11.6 Å². The van der Waals surface area contributed by atoms with E-state index >= 15 is 0 Å². The second-order valence-corrected chi connectivity index (χ2v) is 7.27. The van der Waals surface area contributed by atoms with Gasteiger partial charge in [-0.05, 0) is 31.0 Å². The standard InChI is InChI=1S/C12H17ClN2O2S/c1-9-5-10(7-13)6-12(14-9)15(2)11-3-4-18(16,17)8-11/h5-6,11H,3-4,7-8H2,1-2H3. The lowest BCUT2D eigenvalue weighted by Gasteiger charge is -2.25. The zero-order valence-electron chi connectivity index (χ0n) is 10.6. The molecule has 1 fully saturated rings. The molecule has 2 rings (SSSR count). The molecule has 0 spiro atoms. The molecule has 1 saturated heterocycles. The maximum atomic E-state index is 11.5. The van der Waals surface area contributed by atoms with Crippen molar-refractivity contribution in [2.75, 3.05) is 23.5 Å². The summed E-state index contributed by atoms with van der Waals surface area (Å²) in [5.41, 5.74) is 1.91. The lowest BCUT2D eigenvalue weighted by atomic mass is 10.2. The Hall–Kier alpha value is -0.810. The van der Waals surface area contributed by atoms with Crippen LogP contribution in [-0.2, 0) is 15.7 Å². The molecule has 1 aliphatic heterocycles. The second-order valence-electron chi connectivity index (χ2n) is 4.78. The lowest BCUT2D eigenvalue weighted by molar-refractivity contribution is 0.600. The van der Waals surface area contributed by atoms with Gasteiger partial charge in [-0.25, -0.2) is 13.4 Å². The van der Waals surface area contributed by atoms with Crippen molar-refractivity contribution in [3.63, 3.8) is 0 Å². The molecule has 2 heterocycles. The smallest absolute Gasteiger partial charge is 0.152 e. The van der Waals surface area contributed by atoms with Gasteiger partial charge in [-0.15, -0.1) is 11.6 Å². The molecular weight excluding hydrogens is 272 g/mol. The zero-order valence-corrected chi connectivity index (χ0v) is 12.1. The summed E-state index contributed by atoms with van der Waals surface area (Å²) in [5, 5.41) is 0. The molecule has 1 atom stereocenters. The normalized spacial score (nSPS) is 22.1. The highest BCUT2D eigenvalue weighted by molar-refractivity contribution is 7.91. The van der Waals surface area contributed by atoms with Gasteiger partial charge < -0.3 is 4.90 Å². The Morgan fingerprint density at radius 3 is 2.78 bits per heavy atom. The molecule has 0 radical (unpaired) electrons. The monoisotopic (exact) mass is 288 g/mol. The highest BCUT2D eigenvalue weighted by Crippen LogP contribution is 2.23. The first-order valence-corrected chi connectivity index (χ1v) is 8.23. The molecule has 1 aromatic heterocycles. The average Bonchev–Trinajstić information content (AvgIpc) is 2.67. The van der Waals surface area contributed by atoms with E-state index in [4.69, 9.17) is 11.6 Å². The Labute approximate surface area is 113 Å². The van der Waals surface area contributed by atoms with Crippen LogP contribution in [0.25, 0.3) is 0 Å². The number of rotatable bonds is 3. The van der Waals surface area contributed by atoms with Gasteiger partial charge >= 0.3 is 0 Å². The molecule has 1 aromatic rings. The number of pyridine rings is 1. The minimum Gasteiger partial charge on any atom is -0.356 e. The third kappa shape index (κ3) is 2.95. The summed E-state index contributed by atoms with van der Waals surface area (Å²) in [7, 11) is -0.976. The van der Waals surface area contributed by atoms with E-state index < -0.39 is 9.84 Å². The largest absolute Gasteiger partial charge is 0.356 e. The maximum Gasteiger partial charge on any atom is 0.152 e. The Bertz CT molecular complexity index is 545. The summed E-state index contributed by atoms with van der Waals surface area (Å²) in [6, 6.07) is 3.88. The summed E-state index contributed by atoms with van der Waals surface area (Å²) in [6.07, 6.45) is 0.671. The third-order valence-corrected chi connectivity index (χ3v) is 5.33. The van der Waals surface area contributed by atoms with Crippen molar-refractivity contribution in [2.24, 2.45) is 0 Å². The van der Waals surface area contributed by atoms with Crippen LogP contribution in [0.1, 0.15) is 17.7 Å². The van der Waals surface area contributed by atoms with Crippen molar-refractivity contribution < 1.29 is 8.42 Å². The molecule has 0 N–H and O–H groups in total. The third-order valence-electron chi connectivity index (χ3n) is 3.27. The van der Waals surface area contributed by atoms with Gasteiger partial charge in [0.25, 0.3) is 0 Å². The van der Waals surface area contributed by atoms with Crippen LogP contribution in [-0.4, -0.2) is 38.0 Å². The predicted octanol–water partition coefficient (Wildman–Crippen LogP) is 1.75. The molecular formula is C12H17ClN2O2S. The van der Waals surface area contributed by atoms with Gasteiger partial charge in [0.1, 0.15) is 5.82 Å². The molecule has 18 heavy (non-hydrogen) atoms. The van der Waals surface area contributed by atoms with Crippen molar-refractivity contribution in [1.82, 2.24) is 4.98 Å². The number of aryl methyl sites for hydroxylation is 1. The number of nitrogens with zero attached hydrogens (tertiary/aromatic N) is 2. The first kappa shape index (κ1) is 13.6. The van der Waals surface area contributed by atoms with Gasteiger partial charge in [0.05, 0.1) is 11.5 Å². The molecule has 6 heteroatoms. The fourth-order valence-electron chi connectivity index (χ4n) is 2.25. The van der Waals surface area contributed by atoms with E-state index in [1.165, 1.54) is 0 Å². The lowest BCUT2D eigenvalue weighted by Crippen LogP contribution is -2.33. The van der Waals surface area contributed by atoms with Crippen molar-refractivity contribution in [3.05, 3.63) is 23.4 Å². The van der Waals surface area contributed by atoms with Crippen LogP contribution in [0.2, 0.25) is 0 Å². The highest BCUT2D eigenvalue weighted by Gasteiger charge is 2.31. The van der Waals surface area contributed by atoms with E-state index in [9.17, 15) is 8.42 Å². The molecule has 0 bridgehead atoms. The van der Waals surface area contributed by atoms with Crippen LogP contribution in [0.5, 0.6) is 0 Å². The number of hydrogen-bond donors (Lipinski definition) is 0. The summed E-state index contributed by atoms with van der Waals surface area (Å²) >= 11 is 5.84. The Balaban J connectivity index is 2.23. The SMILES string of the molecule is Cc1cc(CCl)cc(N(C)C2CCS(=O)(=O)C2)n1. The Morgan fingerprint density at radius 2 is 2.22 bits per heavy atom. The number of aromatic nitrogens is 1. The highest BCUT2D eigenvalue weighted by atomic mass is 35.5. The van der Waals surface area contributed by atoms with Gasteiger partial charge in [0, 0.05) is 24.7 Å². The van der Waals surface area contributed by atoms with Crippen molar-refractivity contribution >= 4 is 27.3 Å². The van der Waals surface area contributed by atoms with E-state index in [0.29, 0.717) is 12.3 Å². The first-order chi connectivity index (χ1) is 8.41. The number of halogens is 1. The van der Waals surface area contributed by atoms with Crippen LogP contribution in [0.3, 0.4) is 0 Å². The van der Waals surface area contributed by atoms with Crippen LogP contribution in [0.15, 0.2) is 12.1 Å². The average molecular weight is 289 g/mol. The molecule has 0 saturated carbocycles. The van der Waals surface area contributed by atoms with E-state index in [-0.39, 0.29) is 17.5 Å². The molecule has 1 unspecified atom stereocenters. The summed E-state index contributed by atoms with van der Waals surface area (Å²) < 4.78 is 23.0.